The monoisotopic (exact) mass is 463 g/mol. The van der Waals surface area contributed by atoms with Crippen molar-refractivity contribution in [2.75, 3.05) is 13.1 Å². The van der Waals surface area contributed by atoms with Crippen LogP contribution in [0, 0.1) is 11.8 Å². The first-order chi connectivity index (χ1) is 15.7. The van der Waals surface area contributed by atoms with Crippen LogP contribution in [0.5, 0.6) is 5.75 Å². The van der Waals surface area contributed by atoms with E-state index >= 15 is 0 Å². The average Bonchev–Trinajstić information content (AvgIpc) is 3.00. The van der Waals surface area contributed by atoms with Gasteiger partial charge < -0.3 is 9.84 Å². The quantitative estimate of drug-likeness (QED) is 0.550. The zero-order valence-electron chi connectivity index (χ0n) is 19.0. The van der Waals surface area contributed by atoms with Crippen LogP contribution >= 0.6 is 0 Å². The largest absolute Gasteiger partial charge is 0.490 e. The van der Waals surface area contributed by atoms with E-state index in [0.29, 0.717) is 30.8 Å². The maximum Gasteiger partial charge on any atom is 0.420 e. The van der Waals surface area contributed by atoms with E-state index in [4.69, 9.17) is 4.74 Å². The number of aliphatic carboxylic acids is 1. The topological polar surface area (TPSA) is 49.8 Å². The molecule has 2 fully saturated rings. The van der Waals surface area contributed by atoms with Gasteiger partial charge in [0.05, 0.1) is 12.0 Å². The highest BCUT2D eigenvalue weighted by Crippen LogP contribution is 2.42. The predicted octanol–water partition coefficient (Wildman–Crippen LogP) is 6.50. The van der Waals surface area contributed by atoms with E-state index in [1.165, 1.54) is 12.1 Å². The van der Waals surface area contributed by atoms with Crippen molar-refractivity contribution in [1.82, 2.24) is 4.90 Å². The van der Waals surface area contributed by atoms with Gasteiger partial charge in [0.1, 0.15) is 11.3 Å². The Labute approximate surface area is 192 Å². The molecule has 0 spiro atoms. The first-order valence-electron chi connectivity index (χ1n) is 12.0. The van der Waals surface area contributed by atoms with Crippen LogP contribution in [0.2, 0.25) is 0 Å². The molecule has 1 saturated heterocycles. The van der Waals surface area contributed by atoms with E-state index in [1.807, 2.05) is 0 Å². The molecule has 1 saturated carbocycles. The number of carboxylic acids is 1. The summed E-state index contributed by atoms with van der Waals surface area (Å²) in [6, 6.07) is 8.22. The standard InChI is InChI=1S/C26H32F3NO3/c1-17-5-9-21(10-6-17)33-23-12-8-19-14-18(7-11-22(19)24(23)26(27,28)29)15-30-13-3-2-4-20(16-30)25(31)32/h7-8,11-12,14,17,20-21H,2-6,9-10,13,15-16H2,1H3,(H,31,32)/t17-,20?,21+. The zero-order valence-corrected chi connectivity index (χ0v) is 19.0. The Morgan fingerprint density at radius 1 is 1.09 bits per heavy atom. The maximum atomic E-state index is 14.1. The van der Waals surface area contributed by atoms with Crippen molar-refractivity contribution in [2.24, 2.45) is 11.8 Å². The van der Waals surface area contributed by atoms with Crippen molar-refractivity contribution in [3.8, 4) is 5.75 Å². The van der Waals surface area contributed by atoms with E-state index in [-0.39, 0.29) is 17.2 Å². The van der Waals surface area contributed by atoms with Crippen LogP contribution in [-0.2, 0) is 17.5 Å². The second-order valence-electron chi connectivity index (χ2n) is 9.76. The fraction of sp³-hybridized carbons (Fsp3) is 0.577. The third-order valence-electron chi connectivity index (χ3n) is 7.10. The molecule has 0 radical (unpaired) electrons. The molecule has 1 heterocycles. The van der Waals surface area contributed by atoms with E-state index in [9.17, 15) is 23.1 Å². The number of benzene rings is 2. The zero-order chi connectivity index (χ0) is 23.6. The molecular weight excluding hydrogens is 431 g/mol. The molecule has 1 N–H and O–H groups in total. The second-order valence-corrected chi connectivity index (χ2v) is 9.76. The van der Waals surface area contributed by atoms with Crippen LogP contribution in [0.25, 0.3) is 10.8 Å². The number of halogens is 3. The number of hydrogen-bond acceptors (Lipinski definition) is 3. The summed E-state index contributed by atoms with van der Waals surface area (Å²) in [5.41, 5.74) is 0.183. The van der Waals surface area contributed by atoms with Crippen LogP contribution in [0.3, 0.4) is 0 Å². The Kier molecular flexibility index (Phi) is 7.17. The van der Waals surface area contributed by atoms with Gasteiger partial charge in [0.25, 0.3) is 0 Å². The number of fused-ring (bicyclic) bond motifs is 1. The van der Waals surface area contributed by atoms with E-state index < -0.39 is 23.6 Å². The summed E-state index contributed by atoms with van der Waals surface area (Å²) >= 11 is 0. The van der Waals surface area contributed by atoms with Crippen molar-refractivity contribution in [3.05, 3.63) is 41.5 Å². The summed E-state index contributed by atoms with van der Waals surface area (Å²) < 4.78 is 48.1. The molecular formula is C26H32F3NO3. The normalized spacial score (nSPS) is 25.0. The van der Waals surface area contributed by atoms with Crippen molar-refractivity contribution in [2.45, 2.75) is 70.7 Å². The smallest absolute Gasteiger partial charge is 0.420 e. The van der Waals surface area contributed by atoms with E-state index in [2.05, 4.69) is 11.8 Å². The predicted molar refractivity (Wildman–Crippen MR) is 121 cm³/mol. The van der Waals surface area contributed by atoms with Crippen LogP contribution in [0.4, 0.5) is 13.2 Å². The van der Waals surface area contributed by atoms with Crippen LogP contribution in [0.15, 0.2) is 30.3 Å². The fourth-order valence-electron chi connectivity index (χ4n) is 5.20. The molecule has 1 aliphatic heterocycles. The molecule has 33 heavy (non-hydrogen) atoms. The van der Waals surface area contributed by atoms with Gasteiger partial charge in [0, 0.05) is 13.1 Å². The van der Waals surface area contributed by atoms with Crippen molar-refractivity contribution in [1.29, 1.82) is 0 Å². The molecule has 2 aromatic rings. The Morgan fingerprint density at radius 2 is 1.85 bits per heavy atom. The van der Waals surface area contributed by atoms with Gasteiger partial charge in [-0.25, -0.2) is 0 Å². The second kappa shape index (κ2) is 9.92. The lowest BCUT2D eigenvalue weighted by atomic mass is 9.89. The Hall–Kier alpha value is -2.28. The fourth-order valence-corrected chi connectivity index (χ4v) is 5.20. The molecule has 7 heteroatoms. The minimum atomic E-state index is -4.52. The highest BCUT2D eigenvalue weighted by Gasteiger charge is 2.37. The number of nitrogens with zero attached hydrogens (tertiary/aromatic N) is 1. The van der Waals surface area contributed by atoms with Gasteiger partial charge in [0.15, 0.2) is 0 Å². The van der Waals surface area contributed by atoms with Gasteiger partial charge in [-0.1, -0.05) is 31.5 Å². The summed E-state index contributed by atoms with van der Waals surface area (Å²) in [4.78, 5) is 13.6. The molecule has 180 valence electrons. The van der Waals surface area contributed by atoms with Gasteiger partial charge in [-0.15, -0.1) is 0 Å². The van der Waals surface area contributed by atoms with Crippen molar-refractivity contribution >= 4 is 16.7 Å². The minimum Gasteiger partial charge on any atom is -0.490 e. The molecule has 1 atom stereocenters. The highest BCUT2D eigenvalue weighted by molar-refractivity contribution is 5.89. The summed E-state index contributed by atoms with van der Waals surface area (Å²) in [7, 11) is 0. The number of ether oxygens (including phenoxy) is 1. The first-order valence-corrected chi connectivity index (χ1v) is 12.0. The lowest BCUT2D eigenvalue weighted by molar-refractivity contribution is -0.142. The summed E-state index contributed by atoms with van der Waals surface area (Å²) in [5.74, 6) is -0.668. The minimum absolute atomic E-state index is 0.0841. The van der Waals surface area contributed by atoms with Crippen molar-refractivity contribution in [3.63, 3.8) is 0 Å². The molecule has 4 nitrogen and oxygen atoms in total. The molecule has 0 bridgehead atoms. The van der Waals surface area contributed by atoms with Gasteiger partial charge in [-0.05, 0) is 79.5 Å². The van der Waals surface area contributed by atoms with Crippen molar-refractivity contribution < 1.29 is 27.8 Å². The summed E-state index contributed by atoms with van der Waals surface area (Å²) in [6.45, 7) is 3.95. The molecule has 1 aliphatic carbocycles. The first kappa shape index (κ1) is 23.9. The lowest BCUT2D eigenvalue weighted by Crippen LogP contribution is -2.31. The van der Waals surface area contributed by atoms with Crippen LogP contribution in [0.1, 0.15) is 63.0 Å². The van der Waals surface area contributed by atoms with Crippen LogP contribution in [-0.4, -0.2) is 35.2 Å². The highest BCUT2D eigenvalue weighted by atomic mass is 19.4. The van der Waals surface area contributed by atoms with Gasteiger partial charge in [-0.2, -0.15) is 13.2 Å². The Bertz CT molecular complexity index is 983. The molecule has 2 aromatic carbocycles. The number of carboxylic acid groups (broad SMARTS) is 1. The van der Waals surface area contributed by atoms with E-state index in [1.54, 1.807) is 18.2 Å². The third-order valence-corrected chi connectivity index (χ3v) is 7.10. The Morgan fingerprint density at radius 3 is 2.55 bits per heavy atom. The van der Waals surface area contributed by atoms with Crippen LogP contribution < -0.4 is 4.74 Å². The molecule has 0 aromatic heterocycles. The maximum absolute atomic E-state index is 14.1. The summed E-state index contributed by atoms with van der Waals surface area (Å²) in [5, 5.41) is 10.1. The lowest BCUT2D eigenvalue weighted by Gasteiger charge is -2.28. The van der Waals surface area contributed by atoms with E-state index in [0.717, 1.165) is 50.6 Å². The summed E-state index contributed by atoms with van der Waals surface area (Å²) in [6.07, 6.45) is 1.29. The Balaban J connectivity index is 1.58. The molecule has 2 aliphatic rings. The number of alkyl halides is 3. The number of likely N-dealkylation sites (tertiary alicyclic amines) is 1. The van der Waals surface area contributed by atoms with Gasteiger partial charge >= 0.3 is 12.1 Å². The van der Waals surface area contributed by atoms with Gasteiger partial charge in [0.2, 0.25) is 0 Å². The number of rotatable bonds is 5. The third kappa shape index (κ3) is 5.81. The SMILES string of the molecule is C[C@H]1CC[C@@H](Oc2ccc3cc(CN4CCCCC(C(=O)O)C4)ccc3c2C(F)(F)F)CC1. The number of carbonyl (C=O) groups is 1. The molecule has 4 rings (SSSR count). The number of hydrogen-bond donors (Lipinski definition) is 1. The molecule has 1 unspecified atom stereocenters. The van der Waals surface area contributed by atoms with Gasteiger partial charge in [-0.3, -0.25) is 9.69 Å². The average molecular weight is 464 g/mol. The molecule has 0 amide bonds.